The summed E-state index contributed by atoms with van der Waals surface area (Å²) < 4.78 is 8.67. The second kappa shape index (κ2) is 11.8. The van der Waals surface area contributed by atoms with Crippen molar-refractivity contribution in [2.24, 2.45) is 5.41 Å². The van der Waals surface area contributed by atoms with Crippen LogP contribution in [0.15, 0.2) is 78.9 Å². The molecule has 6 rings (SSSR count). The molecule has 42 heavy (non-hydrogen) atoms. The number of fused-ring (bicyclic) bond motifs is 2. The maximum Gasteiger partial charge on any atom is 0.309 e. The van der Waals surface area contributed by atoms with E-state index in [1.165, 1.54) is 24.8 Å². The van der Waals surface area contributed by atoms with Crippen LogP contribution in [0.5, 0.6) is 5.75 Å². The van der Waals surface area contributed by atoms with Gasteiger partial charge in [0.1, 0.15) is 12.4 Å². The van der Waals surface area contributed by atoms with Crippen LogP contribution >= 0.6 is 11.6 Å². The number of ether oxygens (including phenoxy) is 1. The molecule has 1 aliphatic rings. The number of benzene rings is 3. The maximum absolute atomic E-state index is 12.3. The van der Waals surface area contributed by atoms with Gasteiger partial charge in [-0.15, -0.1) is 0 Å². The molecule has 0 amide bonds. The molecular formula is C36H37ClN2O3. The van der Waals surface area contributed by atoms with E-state index in [0.717, 1.165) is 57.3 Å². The lowest BCUT2D eigenvalue weighted by Crippen LogP contribution is -2.28. The number of pyridine rings is 1. The molecule has 0 spiro atoms. The zero-order valence-corrected chi connectivity index (χ0v) is 25.0. The number of carbonyl (C=O) groups is 1. The Hall–Kier alpha value is -3.83. The minimum atomic E-state index is -0.906. The van der Waals surface area contributed by atoms with Crippen LogP contribution in [0.3, 0.4) is 0 Å². The number of hydrogen-bond donors (Lipinski definition) is 1. The van der Waals surface area contributed by atoms with Crippen molar-refractivity contribution in [3.63, 3.8) is 0 Å². The molecule has 5 nitrogen and oxygen atoms in total. The van der Waals surface area contributed by atoms with Gasteiger partial charge in [0, 0.05) is 40.0 Å². The van der Waals surface area contributed by atoms with Gasteiger partial charge in [-0.1, -0.05) is 67.3 Å². The molecule has 0 saturated heterocycles. The highest BCUT2D eigenvalue weighted by Crippen LogP contribution is 2.43. The summed E-state index contributed by atoms with van der Waals surface area (Å²) in [5.41, 5.74) is 5.58. The lowest BCUT2D eigenvalue weighted by Gasteiger charge is -2.27. The number of rotatable bonds is 9. The Kier molecular flexibility index (Phi) is 7.96. The van der Waals surface area contributed by atoms with E-state index in [4.69, 9.17) is 21.3 Å². The number of aliphatic carboxylic acids is 1. The van der Waals surface area contributed by atoms with Gasteiger partial charge in [-0.25, -0.2) is 4.98 Å². The fourth-order valence-corrected chi connectivity index (χ4v) is 6.46. The zero-order chi connectivity index (χ0) is 29.3. The smallest absolute Gasteiger partial charge is 0.309 e. The number of para-hydroxylation sites is 1. The van der Waals surface area contributed by atoms with Crippen LogP contribution in [-0.4, -0.2) is 20.6 Å². The average Bonchev–Trinajstić information content (AvgIpc) is 3.28. The van der Waals surface area contributed by atoms with E-state index in [9.17, 15) is 9.90 Å². The number of carboxylic acids is 1. The second-order valence-electron chi connectivity index (χ2n) is 12.2. The Balaban J connectivity index is 1.43. The predicted octanol–water partition coefficient (Wildman–Crippen LogP) is 9.17. The maximum atomic E-state index is 12.3. The SMILES string of the molecule is CC(C)(Cc1c(C2CCCCC2)c2cc(OCc3ccc4ccccc4n3)ccc2n1Cc1ccc(Cl)cc1)C(=O)O. The van der Waals surface area contributed by atoms with Crippen molar-refractivity contribution in [1.82, 2.24) is 9.55 Å². The van der Waals surface area contributed by atoms with Gasteiger partial charge in [0.05, 0.1) is 16.6 Å². The highest BCUT2D eigenvalue weighted by atomic mass is 35.5. The van der Waals surface area contributed by atoms with Gasteiger partial charge in [0.25, 0.3) is 0 Å². The largest absolute Gasteiger partial charge is 0.487 e. The Morgan fingerprint density at radius 1 is 1.00 bits per heavy atom. The molecule has 0 atom stereocenters. The Morgan fingerprint density at radius 3 is 2.52 bits per heavy atom. The first-order chi connectivity index (χ1) is 20.3. The zero-order valence-electron chi connectivity index (χ0n) is 24.3. The quantitative estimate of drug-likeness (QED) is 0.189. The molecule has 3 aromatic carbocycles. The van der Waals surface area contributed by atoms with Gasteiger partial charge in [-0.2, -0.15) is 0 Å². The van der Waals surface area contributed by atoms with Crippen molar-refractivity contribution in [3.8, 4) is 5.75 Å². The molecule has 5 aromatic rings. The molecule has 2 aromatic heterocycles. The molecule has 0 aliphatic heterocycles. The van der Waals surface area contributed by atoms with Crippen LogP contribution < -0.4 is 4.74 Å². The summed E-state index contributed by atoms with van der Waals surface area (Å²) in [6.45, 7) is 4.68. The van der Waals surface area contributed by atoms with Gasteiger partial charge in [-0.3, -0.25) is 4.79 Å². The first kappa shape index (κ1) is 28.3. The Labute approximate surface area is 252 Å². The van der Waals surface area contributed by atoms with Crippen LogP contribution in [0.2, 0.25) is 5.02 Å². The summed E-state index contributed by atoms with van der Waals surface area (Å²) >= 11 is 6.20. The van der Waals surface area contributed by atoms with Crippen molar-refractivity contribution < 1.29 is 14.6 Å². The van der Waals surface area contributed by atoms with Crippen LogP contribution in [0.25, 0.3) is 21.8 Å². The van der Waals surface area contributed by atoms with Crippen LogP contribution in [0, 0.1) is 5.41 Å². The van der Waals surface area contributed by atoms with Gasteiger partial charge in [0.15, 0.2) is 0 Å². The molecule has 1 saturated carbocycles. The highest BCUT2D eigenvalue weighted by molar-refractivity contribution is 6.30. The third-order valence-electron chi connectivity index (χ3n) is 8.68. The number of halogens is 1. The van der Waals surface area contributed by atoms with E-state index < -0.39 is 11.4 Å². The predicted molar refractivity (Wildman–Crippen MR) is 170 cm³/mol. The lowest BCUT2D eigenvalue weighted by molar-refractivity contribution is -0.146. The molecule has 216 valence electrons. The summed E-state index contributed by atoms with van der Waals surface area (Å²) in [5, 5.41) is 13.1. The van der Waals surface area contributed by atoms with Crippen LogP contribution in [-0.2, 0) is 24.4 Å². The number of carboxylic acid groups (broad SMARTS) is 1. The van der Waals surface area contributed by atoms with Crippen molar-refractivity contribution >= 4 is 39.4 Å². The first-order valence-corrected chi connectivity index (χ1v) is 15.3. The number of aromatic nitrogens is 2. The van der Waals surface area contributed by atoms with E-state index in [1.54, 1.807) is 0 Å². The summed E-state index contributed by atoms with van der Waals surface area (Å²) in [5.74, 6) is 0.402. The van der Waals surface area contributed by atoms with Gasteiger partial charge in [-0.05, 0) is 86.2 Å². The standard InChI is InChI=1S/C36H37ClN2O3/c1-36(2,35(40)41)21-33-34(26-9-4-3-5-10-26)30-20-29(42-23-28-17-14-25-8-6-7-11-31(25)38-28)18-19-32(30)39(33)22-24-12-15-27(37)16-13-24/h6-8,11-20,26H,3-5,9-10,21-23H2,1-2H3,(H,40,41). The third kappa shape index (κ3) is 5.89. The van der Waals surface area contributed by atoms with Gasteiger partial charge < -0.3 is 14.4 Å². The summed E-state index contributed by atoms with van der Waals surface area (Å²) in [4.78, 5) is 17.1. The molecule has 1 N–H and O–H groups in total. The van der Waals surface area contributed by atoms with E-state index in [0.29, 0.717) is 30.5 Å². The average molecular weight is 581 g/mol. The third-order valence-corrected chi connectivity index (χ3v) is 8.94. The van der Waals surface area contributed by atoms with E-state index in [2.05, 4.69) is 41.0 Å². The second-order valence-corrected chi connectivity index (χ2v) is 12.7. The van der Waals surface area contributed by atoms with Crippen molar-refractivity contribution in [2.75, 3.05) is 0 Å². The Bertz CT molecular complexity index is 1730. The fourth-order valence-electron chi connectivity index (χ4n) is 6.33. The molecule has 1 fully saturated rings. The topological polar surface area (TPSA) is 64.4 Å². The first-order valence-electron chi connectivity index (χ1n) is 14.9. The molecule has 0 radical (unpaired) electrons. The fraction of sp³-hybridized carbons (Fsp3) is 0.333. The van der Waals surface area contributed by atoms with Crippen molar-refractivity contribution in [1.29, 1.82) is 0 Å². The number of nitrogens with zero attached hydrogens (tertiary/aromatic N) is 2. The molecule has 0 bridgehead atoms. The molecule has 1 aliphatic carbocycles. The normalized spacial score (nSPS) is 14.5. The van der Waals surface area contributed by atoms with Crippen LogP contribution in [0.1, 0.15) is 74.4 Å². The van der Waals surface area contributed by atoms with E-state index in [1.807, 2.05) is 56.3 Å². The molecular weight excluding hydrogens is 544 g/mol. The monoisotopic (exact) mass is 580 g/mol. The van der Waals surface area contributed by atoms with E-state index in [-0.39, 0.29) is 0 Å². The molecule has 2 heterocycles. The Morgan fingerprint density at radius 2 is 1.76 bits per heavy atom. The number of hydrogen-bond acceptors (Lipinski definition) is 3. The van der Waals surface area contributed by atoms with Crippen molar-refractivity contribution in [3.05, 3.63) is 106 Å². The van der Waals surface area contributed by atoms with Gasteiger partial charge in [0.2, 0.25) is 0 Å². The summed E-state index contributed by atoms with van der Waals surface area (Å²) in [7, 11) is 0. The van der Waals surface area contributed by atoms with E-state index >= 15 is 0 Å². The molecule has 0 unspecified atom stereocenters. The van der Waals surface area contributed by atoms with Crippen LogP contribution in [0.4, 0.5) is 0 Å². The minimum absolute atomic E-state index is 0.374. The summed E-state index contributed by atoms with van der Waals surface area (Å²) in [6, 6.07) is 26.5. The van der Waals surface area contributed by atoms with Crippen molar-refractivity contribution in [2.45, 2.75) is 71.4 Å². The highest BCUT2D eigenvalue weighted by Gasteiger charge is 2.33. The summed E-state index contributed by atoms with van der Waals surface area (Å²) in [6.07, 6.45) is 6.33. The minimum Gasteiger partial charge on any atom is -0.487 e. The lowest BCUT2D eigenvalue weighted by atomic mass is 9.79. The van der Waals surface area contributed by atoms with Gasteiger partial charge >= 0.3 is 5.97 Å². The molecule has 6 heteroatoms.